The molecule has 0 aromatic heterocycles. The van der Waals surface area contributed by atoms with Crippen molar-refractivity contribution in [3.8, 4) is 0 Å². The van der Waals surface area contributed by atoms with Crippen molar-refractivity contribution in [2.24, 2.45) is 0 Å². The molecule has 4 nitrogen and oxygen atoms in total. The molecular formula is C11H21F3N2O2. The minimum Gasteiger partial charge on any atom is -0.465 e. The van der Waals surface area contributed by atoms with E-state index in [4.69, 9.17) is 4.74 Å². The van der Waals surface area contributed by atoms with Gasteiger partial charge in [-0.25, -0.2) is 0 Å². The lowest BCUT2D eigenvalue weighted by Crippen LogP contribution is -2.57. The highest BCUT2D eigenvalue weighted by Crippen LogP contribution is 2.17. The first kappa shape index (κ1) is 17.2. The highest BCUT2D eigenvalue weighted by Gasteiger charge is 2.38. The molecule has 1 unspecified atom stereocenters. The van der Waals surface area contributed by atoms with E-state index in [0.717, 1.165) is 4.90 Å². The maximum atomic E-state index is 12.2. The van der Waals surface area contributed by atoms with E-state index in [2.05, 4.69) is 5.32 Å². The predicted molar refractivity (Wildman–Crippen MR) is 62.3 cm³/mol. The molecule has 0 bridgehead atoms. The highest BCUT2D eigenvalue weighted by molar-refractivity contribution is 5.80. The fraction of sp³-hybridized carbons (Fsp3) is 0.909. The molecule has 108 valence electrons. The Morgan fingerprint density at radius 2 is 1.83 bits per heavy atom. The molecule has 0 rings (SSSR count). The van der Waals surface area contributed by atoms with Crippen LogP contribution < -0.4 is 5.32 Å². The van der Waals surface area contributed by atoms with Gasteiger partial charge in [-0.3, -0.25) is 9.69 Å². The molecule has 0 fully saturated rings. The lowest BCUT2D eigenvalue weighted by Gasteiger charge is -2.32. The van der Waals surface area contributed by atoms with Crippen LogP contribution in [0.4, 0.5) is 13.2 Å². The molecule has 0 saturated carbocycles. The largest absolute Gasteiger partial charge is 0.465 e. The van der Waals surface area contributed by atoms with Gasteiger partial charge in [-0.2, -0.15) is 13.2 Å². The van der Waals surface area contributed by atoms with Gasteiger partial charge in [0.2, 0.25) is 0 Å². The zero-order chi connectivity index (χ0) is 14.4. The number of nitrogens with zero attached hydrogens (tertiary/aromatic N) is 1. The maximum absolute atomic E-state index is 12.2. The SMILES string of the molecule is CCNC(C)(CN(C)CC(F)(F)F)C(=O)OCC. The number of hydrogen-bond acceptors (Lipinski definition) is 4. The summed E-state index contributed by atoms with van der Waals surface area (Å²) < 4.78 is 41.6. The Hall–Kier alpha value is -0.820. The first-order chi connectivity index (χ1) is 8.14. The van der Waals surface area contributed by atoms with Crippen LogP contribution >= 0.6 is 0 Å². The van der Waals surface area contributed by atoms with E-state index in [0.29, 0.717) is 6.54 Å². The zero-order valence-electron chi connectivity index (χ0n) is 11.2. The van der Waals surface area contributed by atoms with Crippen molar-refractivity contribution in [1.29, 1.82) is 0 Å². The number of esters is 1. The molecule has 1 atom stereocenters. The van der Waals surface area contributed by atoms with Gasteiger partial charge < -0.3 is 10.1 Å². The number of likely N-dealkylation sites (N-methyl/N-ethyl adjacent to an activating group) is 2. The van der Waals surface area contributed by atoms with E-state index in [1.807, 2.05) is 0 Å². The van der Waals surface area contributed by atoms with Crippen LogP contribution in [0.15, 0.2) is 0 Å². The van der Waals surface area contributed by atoms with Crippen LogP contribution in [0.2, 0.25) is 0 Å². The second-order valence-corrected chi connectivity index (χ2v) is 4.37. The van der Waals surface area contributed by atoms with Gasteiger partial charge >= 0.3 is 12.1 Å². The van der Waals surface area contributed by atoms with E-state index in [1.54, 1.807) is 20.8 Å². The molecule has 0 heterocycles. The molecule has 18 heavy (non-hydrogen) atoms. The second-order valence-electron chi connectivity index (χ2n) is 4.37. The molecule has 0 aliphatic heterocycles. The summed E-state index contributed by atoms with van der Waals surface area (Å²) in [6.07, 6.45) is -4.28. The van der Waals surface area contributed by atoms with Gasteiger partial charge in [0.15, 0.2) is 0 Å². The van der Waals surface area contributed by atoms with Crippen LogP contribution in [0.5, 0.6) is 0 Å². The number of nitrogens with one attached hydrogen (secondary N) is 1. The van der Waals surface area contributed by atoms with Crippen LogP contribution in [0.25, 0.3) is 0 Å². The Labute approximate surface area is 105 Å². The molecule has 7 heteroatoms. The number of alkyl halides is 3. The maximum Gasteiger partial charge on any atom is 0.401 e. The van der Waals surface area contributed by atoms with Crippen molar-refractivity contribution in [3.05, 3.63) is 0 Å². The minimum absolute atomic E-state index is 0.0703. The van der Waals surface area contributed by atoms with E-state index < -0.39 is 24.2 Å². The third-order valence-electron chi connectivity index (χ3n) is 2.33. The number of hydrogen-bond donors (Lipinski definition) is 1. The van der Waals surface area contributed by atoms with Gasteiger partial charge in [0.25, 0.3) is 0 Å². The van der Waals surface area contributed by atoms with Crippen molar-refractivity contribution < 1.29 is 22.7 Å². The normalized spacial score (nSPS) is 15.6. The molecule has 0 aromatic rings. The van der Waals surface area contributed by atoms with Crippen molar-refractivity contribution in [2.75, 3.05) is 33.3 Å². The van der Waals surface area contributed by atoms with Crippen LogP contribution in [0.1, 0.15) is 20.8 Å². The van der Waals surface area contributed by atoms with Gasteiger partial charge in [0, 0.05) is 6.54 Å². The van der Waals surface area contributed by atoms with Gasteiger partial charge in [0.05, 0.1) is 13.2 Å². The number of ether oxygens (including phenoxy) is 1. The molecule has 1 N–H and O–H groups in total. The molecule has 0 saturated heterocycles. The fourth-order valence-electron chi connectivity index (χ4n) is 1.77. The number of carbonyl (C=O) groups excluding carboxylic acids is 1. The van der Waals surface area contributed by atoms with Gasteiger partial charge in [-0.05, 0) is 27.4 Å². The Morgan fingerprint density at radius 3 is 2.22 bits per heavy atom. The molecule has 0 spiro atoms. The number of carbonyl (C=O) groups is 1. The van der Waals surface area contributed by atoms with Crippen molar-refractivity contribution >= 4 is 5.97 Å². The number of halogens is 3. The number of rotatable bonds is 7. The Morgan fingerprint density at radius 1 is 1.28 bits per heavy atom. The van der Waals surface area contributed by atoms with Crippen molar-refractivity contribution in [1.82, 2.24) is 10.2 Å². The first-order valence-electron chi connectivity index (χ1n) is 5.82. The second kappa shape index (κ2) is 6.94. The monoisotopic (exact) mass is 270 g/mol. The quantitative estimate of drug-likeness (QED) is 0.710. The van der Waals surface area contributed by atoms with E-state index in [-0.39, 0.29) is 13.2 Å². The standard InChI is InChI=1S/C11H21F3N2O2/c1-5-15-10(3,9(17)18-6-2)7-16(4)8-11(12,13)14/h15H,5-8H2,1-4H3. The summed E-state index contributed by atoms with van der Waals surface area (Å²) in [5.74, 6) is -0.541. The Bertz CT molecular complexity index is 272. The lowest BCUT2D eigenvalue weighted by molar-refractivity contribution is -0.157. The van der Waals surface area contributed by atoms with Crippen LogP contribution in [-0.2, 0) is 9.53 Å². The molecule has 0 aromatic carbocycles. The summed E-state index contributed by atoms with van der Waals surface area (Å²) in [7, 11) is 1.32. The van der Waals surface area contributed by atoms with Gasteiger partial charge in [0.1, 0.15) is 5.54 Å². The van der Waals surface area contributed by atoms with Gasteiger partial charge in [-0.15, -0.1) is 0 Å². The average molecular weight is 270 g/mol. The van der Waals surface area contributed by atoms with E-state index >= 15 is 0 Å². The Balaban J connectivity index is 4.64. The summed E-state index contributed by atoms with van der Waals surface area (Å²) in [6.45, 7) is 4.51. The lowest BCUT2D eigenvalue weighted by atomic mass is 10.0. The zero-order valence-corrected chi connectivity index (χ0v) is 11.2. The summed E-state index contributed by atoms with van der Waals surface area (Å²) in [5, 5.41) is 2.88. The van der Waals surface area contributed by atoms with E-state index in [1.165, 1.54) is 7.05 Å². The molecular weight excluding hydrogens is 249 g/mol. The average Bonchev–Trinajstić information content (AvgIpc) is 2.14. The minimum atomic E-state index is -4.28. The van der Waals surface area contributed by atoms with Crippen molar-refractivity contribution in [2.45, 2.75) is 32.5 Å². The summed E-state index contributed by atoms with van der Waals surface area (Å²) >= 11 is 0. The first-order valence-corrected chi connectivity index (χ1v) is 5.82. The third kappa shape index (κ3) is 6.20. The Kier molecular flexibility index (Phi) is 6.62. The van der Waals surface area contributed by atoms with Crippen molar-refractivity contribution in [3.63, 3.8) is 0 Å². The van der Waals surface area contributed by atoms with Crippen LogP contribution in [0.3, 0.4) is 0 Å². The van der Waals surface area contributed by atoms with Crippen LogP contribution in [-0.4, -0.2) is 55.9 Å². The van der Waals surface area contributed by atoms with E-state index in [9.17, 15) is 18.0 Å². The smallest absolute Gasteiger partial charge is 0.401 e. The highest BCUT2D eigenvalue weighted by atomic mass is 19.4. The van der Waals surface area contributed by atoms with Crippen LogP contribution in [0, 0.1) is 0 Å². The summed E-state index contributed by atoms with van der Waals surface area (Å²) in [5.41, 5.74) is -1.13. The molecule has 0 aliphatic rings. The summed E-state index contributed by atoms with van der Waals surface area (Å²) in [4.78, 5) is 12.8. The predicted octanol–water partition coefficient (Wildman–Crippen LogP) is 1.41. The summed E-state index contributed by atoms with van der Waals surface area (Å²) in [6, 6.07) is 0. The van der Waals surface area contributed by atoms with Gasteiger partial charge in [-0.1, -0.05) is 6.92 Å². The molecule has 0 aliphatic carbocycles. The third-order valence-corrected chi connectivity index (χ3v) is 2.33. The molecule has 0 radical (unpaired) electrons. The topological polar surface area (TPSA) is 41.6 Å². The molecule has 0 amide bonds. The fourth-order valence-corrected chi connectivity index (χ4v) is 1.77.